The maximum atomic E-state index is 12.8. The van der Waals surface area contributed by atoms with E-state index in [4.69, 9.17) is 17.0 Å². The van der Waals surface area contributed by atoms with Crippen molar-refractivity contribution in [1.82, 2.24) is 10.6 Å². The molecule has 6 nitrogen and oxygen atoms in total. The van der Waals surface area contributed by atoms with Gasteiger partial charge in [0, 0.05) is 11.6 Å². The molecule has 0 atom stereocenters. The molecule has 3 rings (SSSR count). The van der Waals surface area contributed by atoms with Crippen molar-refractivity contribution in [3.05, 3.63) is 59.7 Å². The topological polar surface area (TPSA) is 79.5 Å². The SMILES string of the molecule is CCCOc1ccc(C(=O)NC(=S)Nc2ccccc2C(=O)NC2CCCCC2)cc1. The van der Waals surface area contributed by atoms with Crippen LogP contribution in [0.2, 0.25) is 0 Å². The Morgan fingerprint density at radius 3 is 2.42 bits per heavy atom. The molecule has 1 aliphatic carbocycles. The Bertz CT molecular complexity index is 909. The molecule has 3 N–H and O–H groups in total. The fraction of sp³-hybridized carbons (Fsp3) is 0.375. The number of para-hydroxylation sites is 1. The van der Waals surface area contributed by atoms with Gasteiger partial charge in [-0.2, -0.15) is 0 Å². The van der Waals surface area contributed by atoms with Crippen LogP contribution < -0.4 is 20.7 Å². The molecule has 2 aromatic carbocycles. The van der Waals surface area contributed by atoms with Crippen molar-refractivity contribution >= 4 is 34.8 Å². The summed E-state index contributed by atoms with van der Waals surface area (Å²) < 4.78 is 5.53. The van der Waals surface area contributed by atoms with Crippen molar-refractivity contribution in [1.29, 1.82) is 0 Å². The van der Waals surface area contributed by atoms with Gasteiger partial charge in [-0.15, -0.1) is 0 Å². The minimum Gasteiger partial charge on any atom is -0.494 e. The van der Waals surface area contributed by atoms with E-state index in [2.05, 4.69) is 16.0 Å². The lowest BCUT2D eigenvalue weighted by Crippen LogP contribution is -2.37. The number of amides is 2. The summed E-state index contributed by atoms with van der Waals surface area (Å²) in [6, 6.07) is 14.3. The second kappa shape index (κ2) is 11.5. The van der Waals surface area contributed by atoms with E-state index in [1.807, 2.05) is 19.1 Å². The van der Waals surface area contributed by atoms with Gasteiger partial charge in [0.25, 0.3) is 11.8 Å². The van der Waals surface area contributed by atoms with Crippen LogP contribution in [0.4, 0.5) is 5.69 Å². The van der Waals surface area contributed by atoms with Crippen LogP contribution in [-0.4, -0.2) is 29.6 Å². The molecule has 2 amide bonds. The van der Waals surface area contributed by atoms with Crippen LogP contribution in [0.15, 0.2) is 48.5 Å². The average Bonchev–Trinajstić information content (AvgIpc) is 2.79. The smallest absolute Gasteiger partial charge is 0.257 e. The molecule has 0 aromatic heterocycles. The molecule has 0 saturated heterocycles. The fourth-order valence-corrected chi connectivity index (χ4v) is 3.75. The molecule has 0 unspecified atom stereocenters. The Hall–Kier alpha value is -2.93. The molecule has 1 aliphatic rings. The Morgan fingerprint density at radius 1 is 1.00 bits per heavy atom. The standard InChI is InChI=1S/C24H29N3O3S/c1-2-16-30-19-14-12-17(13-15-19)22(28)27-24(31)26-21-11-7-6-10-20(21)23(29)25-18-8-4-3-5-9-18/h6-7,10-15,18H,2-5,8-9,16H2,1H3,(H,25,29)(H2,26,27,28,31). The molecule has 164 valence electrons. The molecule has 0 heterocycles. The number of ether oxygens (including phenoxy) is 1. The number of rotatable bonds is 7. The lowest BCUT2D eigenvalue weighted by molar-refractivity contribution is 0.0927. The quantitative estimate of drug-likeness (QED) is 0.547. The second-order valence-electron chi connectivity index (χ2n) is 7.64. The monoisotopic (exact) mass is 439 g/mol. The minimum atomic E-state index is -0.330. The number of carbonyl (C=O) groups excluding carboxylic acids is 2. The first-order chi connectivity index (χ1) is 15.1. The van der Waals surface area contributed by atoms with Gasteiger partial charge >= 0.3 is 0 Å². The predicted octanol–water partition coefficient (Wildman–Crippen LogP) is 4.66. The number of carbonyl (C=O) groups is 2. The number of thiocarbonyl (C=S) groups is 1. The number of hydrogen-bond acceptors (Lipinski definition) is 4. The normalized spacial score (nSPS) is 13.8. The van der Waals surface area contributed by atoms with Crippen molar-refractivity contribution in [3.63, 3.8) is 0 Å². The van der Waals surface area contributed by atoms with E-state index in [0.717, 1.165) is 37.9 Å². The Kier molecular flexibility index (Phi) is 8.41. The van der Waals surface area contributed by atoms with E-state index in [1.165, 1.54) is 6.42 Å². The first-order valence-corrected chi connectivity index (χ1v) is 11.2. The number of hydrogen-bond donors (Lipinski definition) is 3. The van der Waals surface area contributed by atoms with Crippen molar-refractivity contribution in [3.8, 4) is 5.75 Å². The molecule has 1 saturated carbocycles. The second-order valence-corrected chi connectivity index (χ2v) is 8.04. The number of nitrogens with one attached hydrogen (secondary N) is 3. The highest BCUT2D eigenvalue weighted by molar-refractivity contribution is 7.80. The highest BCUT2D eigenvalue weighted by Gasteiger charge is 2.19. The van der Waals surface area contributed by atoms with E-state index in [9.17, 15) is 9.59 Å². The molecule has 31 heavy (non-hydrogen) atoms. The highest BCUT2D eigenvalue weighted by atomic mass is 32.1. The zero-order valence-electron chi connectivity index (χ0n) is 17.8. The summed E-state index contributed by atoms with van der Waals surface area (Å²) in [4.78, 5) is 25.3. The number of benzene rings is 2. The van der Waals surface area contributed by atoms with E-state index in [0.29, 0.717) is 23.4 Å². The molecule has 0 radical (unpaired) electrons. The van der Waals surface area contributed by atoms with Gasteiger partial charge in [0.2, 0.25) is 0 Å². The zero-order valence-corrected chi connectivity index (χ0v) is 18.6. The molecule has 0 aliphatic heterocycles. The predicted molar refractivity (Wildman–Crippen MR) is 127 cm³/mol. The molecule has 1 fully saturated rings. The van der Waals surface area contributed by atoms with Crippen molar-refractivity contribution in [2.45, 2.75) is 51.5 Å². The maximum Gasteiger partial charge on any atom is 0.257 e. The van der Waals surface area contributed by atoms with Gasteiger partial charge in [-0.3, -0.25) is 14.9 Å². The summed E-state index contributed by atoms with van der Waals surface area (Å²) in [6.07, 6.45) is 6.46. The summed E-state index contributed by atoms with van der Waals surface area (Å²) >= 11 is 5.30. The number of anilines is 1. The van der Waals surface area contributed by atoms with Crippen LogP contribution in [0, 0.1) is 0 Å². The van der Waals surface area contributed by atoms with E-state index < -0.39 is 0 Å². The van der Waals surface area contributed by atoms with Crippen molar-refractivity contribution in [2.75, 3.05) is 11.9 Å². The summed E-state index contributed by atoms with van der Waals surface area (Å²) in [6.45, 7) is 2.67. The van der Waals surface area contributed by atoms with Gasteiger partial charge in [-0.1, -0.05) is 38.3 Å². The zero-order chi connectivity index (χ0) is 22.1. The third-order valence-electron chi connectivity index (χ3n) is 5.18. The van der Waals surface area contributed by atoms with Gasteiger partial charge in [-0.05, 0) is 67.9 Å². The van der Waals surface area contributed by atoms with Crippen molar-refractivity contribution < 1.29 is 14.3 Å². The van der Waals surface area contributed by atoms with Gasteiger partial charge < -0.3 is 15.4 Å². The van der Waals surface area contributed by atoms with E-state index in [1.54, 1.807) is 36.4 Å². The van der Waals surface area contributed by atoms with Gasteiger partial charge in [0.05, 0.1) is 17.9 Å². The van der Waals surface area contributed by atoms with Crippen LogP contribution >= 0.6 is 12.2 Å². The van der Waals surface area contributed by atoms with Crippen LogP contribution in [0.3, 0.4) is 0 Å². The largest absolute Gasteiger partial charge is 0.494 e. The summed E-state index contributed by atoms with van der Waals surface area (Å²) in [5, 5.41) is 8.89. The minimum absolute atomic E-state index is 0.133. The third-order valence-corrected chi connectivity index (χ3v) is 5.38. The summed E-state index contributed by atoms with van der Waals surface area (Å²) in [7, 11) is 0. The third kappa shape index (κ3) is 6.79. The van der Waals surface area contributed by atoms with Gasteiger partial charge in [0.1, 0.15) is 5.75 Å². The average molecular weight is 440 g/mol. The van der Waals surface area contributed by atoms with Crippen LogP contribution in [-0.2, 0) is 0 Å². The molecule has 2 aromatic rings. The summed E-state index contributed by atoms with van der Waals surface area (Å²) in [5.74, 6) is 0.257. The maximum absolute atomic E-state index is 12.8. The lowest BCUT2D eigenvalue weighted by Gasteiger charge is -2.23. The fourth-order valence-electron chi connectivity index (χ4n) is 3.55. The molecular formula is C24H29N3O3S. The van der Waals surface area contributed by atoms with Crippen molar-refractivity contribution in [2.24, 2.45) is 0 Å². The molecule has 7 heteroatoms. The van der Waals surface area contributed by atoms with Crippen LogP contribution in [0.25, 0.3) is 0 Å². The highest BCUT2D eigenvalue weighted by Crippen LogP contribution is 2.20. The lowest BCUT2D eigenvalue weighted by atomic mass is 9.95. The van der Waals surface area contributed by atoms with E-state index in [-0.39, 0.29) is 23.0 Å². The first-order valence-electron chi connectivity index (χ1n) is 10.8. The van der Waals surface area contributed by atoms with Gasteiger partial charge in [0.15, 0.2) is 5.11 Å². The van der Waals surface area contributed by atoms with E-state index >= 15 is 0 Å². The Morgan fingerprint density at radius 2 is 1.71 bits per heavy atom. The Labute approximate surface area is 188 Å². The summed E-state index contributed by atoms with van der Waals surface area (Å²) in [5.41, 5.74) is 1.53. The molecule has 0 spiro atoms. The first kappa shape index (κ1) is 22.7. The van der Waals surface area contributed by atoms with Gasteiger partial charge in [-0.25, -0.2) is 0 Å². The van der Waals surface area contributed by atoms with Crippen LogP contribution in [0.5, 0.6) is 5.75 Å². The Balaban J connectivity index is 1.58. The molecular weight excluding hydrogens is 410 g/mol. The van der Waals surface area contributed by atoms with Crippen LogP contribution in [0.1, 0.15) is 66.2 Å². The molecule has 0 bridgehead atoms.